The summed E-state index contributed by atoms with van der Waals surface area (Å²) in [4.78, 5) is 4.43. The second kappa shape index (κ2) is 7.20. The van der Waals surface area contributed by atoms with Crippen LogP contribution in [0.25, 0.3) is 0 Å². The highest BCUT2D eigenvalue weighted by atomic mass is 32.2. The molecule has 1 saturated heterocycles. The Labute approximate surface area is 126 Å². The molecule has 1 aromatic rings. The highest BCUT2D eigenvalue weighted by Gasteiger charge is 2.30. The molecule has 21 heavy (non-hydrogen) atoms. The third-order valence-corrected chi connectivity index (χ3v) is 5.46. The van der Waals surface area contributed by atoms with Crippen molar-refractivity contribution in [1.29, 1.82) is 0 Å². The average Bonchev–Trinajstić information content (AvgIpc) is 2.53. The Bertz CT molecular complexity index is 562. The number of methoxy groups -OCH3 is 1. The Morgan fingerprint density at radius 1 is 1.52 bits per heavy atom. The molecule has 6 nitrogen and oxygen atoms in total. The number of nitrogens with one attached hydrogen (secondary N) is 1. The quantitative estimate of drug-likeness (QED) is 0.865. The smallest absolute Gasteiger partial charge is 0.243 e. The van der Waals surface area contributed by atoms with Gasteiger partial charge in [-0.15, -0.1) is 0 Å². The molecule has 0 amide bonds. The van der Waals surface area contributed by atoms with Crippen LogP contribution in [0.5, 0.6) is 0 Å². The van der Waals surface area contributed by atoms with E-state index in [-0.39, 0.29) is 11.0 Å². The first-order valence-electron chi connectivity index (χ1n) is 7.30. The van der Waals surface area contributed by atoms with E-state index in [1.54, 1.807) is 19.2 Å². The molecule has 1 fully saturated rings. The maximum absolute atomic E-state index is 12.7. The predicted molar refractivity (Wildman–Crippen MR) is 81.8 cm³/mol. The molecule has 118 valence electrons. The molecule has 0 saturated carbocycles. The van der Waals surface area contributed by atoms with Crippen molar-refractivity contribution in [1.82, 2.24) is 9.29 Å². The zero-order valence-electron chi connectivity index (χ0n) is 12.6. The van der Waals surface area contributed by atoms with E-state index in [9.17, 15) is 8.42 Å². The minimum Gasteiger partial charge on any atom is -0.380 e. The first-order valence-corrected chi connectivity index (χ1v) is 8.74. The van der Waals surface area contributed by atoms with E-state index in [1.807, 2.05) is 6.92 Å². The number of hydrogen-bond donors (Lipinski definition) is 1. The number of nitrogens with zero attached hydrogens (tertiary/aromatic N) is 2. The minimum atomic E-state index is -3.48. The standard InChI is InChI=1S/C14H23N3O3S/c1-3-7-15-14-10-13(6-8-16-14)21(18,19)17-9-4-5-12(11-17)20-2/h6,8,10,12H,3-5,7,9,11H2,1-2H3,(H,15,16). The lowest BCUT2D eigenvalue weighted by Crippen LogP contribution is -2.42. The van der Waals surface area contributed by atoms with Gasteiger partial charge in [0.2, 0.25) is 10.0 Å². The zero-order chi connectivity index (χ0) is 15.3. The molecule has 1 aliphatic heterocycles. The number of piperidine rings is 1. The zero-order valence-corrected chi connectivity index (χ0v) is 13.4. The maximum atomic E-state index is 12.7. The molecule has 1 unspecified atom stereocenters. The van der Waals surface area contributed by atoms with Gasteiger partial charge in [0, 0.05) is 39.0 Å². The Kier molecular flexibility index (Phi) is 5.55. The molecule has 2 heterocycles. The van der Waals surface area contributed by atoms with Crippen molar-refractivity contribution >= 4 is 15.8 Å². The highest BCUT2D eigenvalue weighted by molar-refractivity contribution is 7.89. The molecule has 1 aromatic heterocycles. The SMILES string of the molecule is CCCNc1cc(S(=O)(=O)N2CCCC(OC)C2)ccn1. The molecule has 1 atom stereocenters. The number of rotatable bonds is 6. The van der Waals surface area contributed by atoms with Gasteiger partial charge in [-0.1, -0.05) is 6.92 Å². The summed E-state index contributed by atoms with van der Waals surface area (Å²) in [6.07, 6.45) is 4.20. The van der Waals surface area contributed by atoms with Crippen LogP contribution in [0.3, 0.4) is 0 Å². The van der Waals surface area contributed by atoms with Crippen molar-refractivity contribution < 1.29 is 13.2 Å². The molecular weight excluding hydrogens is 290 g/mol. The van der Waals surface area contributed by atoms with Crippen LogP contribution in [-0.2, 0) is 14.8 Å². The summed E-state index contributed by atoms with van der Waals surface area (Å²) in [5.41, 5.74) is 0. The van der Waals surface area contributed by atoms with E-state index >= 15 is 0 Å². The molecule has 0 radical (unpaired) electrons. The lowest BCUT2D eigenvalue weighted by atomic mass is 10.1. The summed E-state index contributed by atoms with van der Waals surface area (Å²) >= 11 is 0. The molecule has 1 aliphatic rings. The predicted octanol–water partition coefficient (Wildman–Crippen LogP) is 1.70. The van der Waals surface area contributed by atoms with E-state index in [4.69, 9.17) is 4.74 Å². The van der Waals surface area contributed by atoms with Crippen molar-refractivity contribution in [3.63, 3.8) is 0 Å². The summed E-state index contributed by atoms with van der Waals surface area (Å²) in [6, 6.07) is 3.14. The van der Waals surface area contributed by atoms with Crippen molar-refractivity contribution in [3.8, 4) is 0 Å². The van der Waals surface area contributed by atoms with Crippen molar-refractivity contribution in [2.24, 2.45) is 0 Å². The Morgan fingerprint density at radius 3 is 3.05 bits per heavy atom. The lowest BCUT2D eigenvalue weighted by Gasteiger charge is -2.31. The van der Waals surface area contributed by atoms with E-state index in [0.29, 0.717) is 18.9 Å². The molecule has 7 heteroatoms. The van der Waals surface area contributed by atoms with Crippen LogP contribution in [0, 0.1) is 0 Å². The largest absolute Gasteiger partial charge is 0.380 e. The van der Waals surface area contributed by atoms with Crippen LogP contribution in [0.2, 0.25) is 0 Å². The molecule has 0 aliphatic carbocycles. The normalized spacial score (nSPS) is 20.4. The van der Waals surface area contributed by atoms with E-state index in [0.717, 1.165) is 25.8 Å². The summed E-state index contributed by atoms with van der Waals surface area (Å²) < 4.78 is 32.2. The van der Waals surface area contributed by atoms with Crippen LogP contribution in [0.15, 0.2) is 23.2 Å². The van der Waals surface area contributed by atoms with Crippen LogP contribution in [0.4, 0.5) is 5.82 Å². The van der Waals surface area contributed by atoms with E-state index in [1.165, 1.54) is 10.5 Å². The minimum absolute atomic E-state index is 0.0203. The van der Waals surface area contributed by atoms with Crippen molar-refractivity contribution in [2.75, 3.05) is 32.1 Å². The first-order chi connectivity index (χ1) is 10.1. The van der Waals surface area contributed by atoms with Gasteiger partial charge in [-0.05, 0) is 25.3 Å². The number of pyridine rings is 1. The highest BCUT2D eigenvalue weighted by Crippen LogP contribution is 2.22. The fourth-order valence-electron chi connectivity index (χ4n) is 2.39. The van der Waals surface area contributed by atoms with Gasteiger partial charge in [-0.3, -0.25) is 0 Å². The number of anilines is 1. The van der Waals surface area contributed by atoms with Crippen LogP contribution in [-0.4, -0.2) is 50.6 Å². The summed E-state index contributed by atoms with van der Waals surface area (Å²) in [6.45, 7) is 3.78. The second-order valence-corrected chi connectivity index (χ2v) is 7.10. The third-order valence-electron chi connectivity index (χ3n) is 3.60. The fourth-order valence-corrected chi connectivity index (χ4v) is 3.91. The molecular formula is C14H23N3O3S. The number of aromatic nitrogens is 1. The maximum Gasteiger partial charge on any atom is 0.243 e. The van der Waals surface area contributed by atoms with Gasteiger partial charge in [0.1, 0.15) is 5.82 Å². The van der Waals surface area contributed by atoms with Crippen LogP contribution >= 0.6 is 0 Å². The van der Waals surface area contributed by atoms with Gasteiger partial charge in [0.05, 0.1) is 11.0 Å². The number of hydrogen-bond acceptors (Lipinski definition) is 5. The first kappa shape index (κ1) is 16.2. The van der Waals surface area contributed by atoms with Gasteiger partial charge in [0.25, 0.3) is 0 Å². The lowest BCUT2D eigenvalue weighted by molar-refractivity contribution is 0.0572. The summed E-state index contributed by atoms with van der Waals surface area (Å²) in [5.74, 6) is 0.596. The Morgan fingerprint density at radius 2 is 2.33 bits per heavy atom. The van der Waals surface area contributed by atoms with Gasteiger partial charge in [-0.25, -0.2) is 13.4 Å². The molecule has 0 bridgehead atoms. The topological polar surface area (TPSA) is 71.5 Å². The third kappa shape index (κ3) is 3.93. The van der Waals surface area contributed by atoms with E-state index in [2.05, 4.69) is 10.3 Å². The fraction of sp³-hybridized carbons (Fsp3) is 0.643. The monoisotopic (exact) mass is 313 g/mol. The second-order valence-electron chi connectivity index (χ2n) is 5.17. The van der Waals surface area contributed by atoms with Crippen LogP contribution < -0.4 is 5.32 Å². The molecule has 1 N–H and O–H groups in total. The van der Waals surface area contributed by atoms with Crippen molar-refractivity contribution in [2.45, 2.75) is 37.2 Å². The molecule has 0 spiro atoms. The molecule has 2 rings (SSSR count). The van der Waals surface area contributed by atoms with Gasteiger partial charge in [0.15, 0.2) is 0 Å². The van der Waals surface area contributed by atoms with Gasteiger partial charge >= 0.3 is 0 Å². The number of ether oxygens (including phenoxy) is 1. The molecule has 0 aromatic carbocycles. The number of sulfonamides is 1. The summed E-state index contributed by atoms with van der Waals surface area (Å²) in [7, 11) is -1.85. The van der Waals surface area contributed by atoms with E-state index < -0.39 is 10.0 Å². The van der Waals surface area contributed by atoms with Gasteiger partial charge in [-0.2, -0.15) is 4.31 Å². The van der Waals surface area contributed by atoms with Gasteiger partial charge < -0.3 is 10.1 Å². The summed E-state index contributed by atoms with van der Waals surface area (Å²) in [5, 5.41) is 3.11. The Hall–Kier alpha value is -1.18. The average molecular weight is 313 g/mol. The van der Waals surface area contributed by atoms with Crippen molar-refractivity contribution in [3.05, 3.63) is 18.3 Å². The van der Waals surface area contributed by atoms with Crippen LogP contribution in [0.1, 0.15) is 26.2 Å². The Balaban J connectivity index is 2.18.